The maximum atomic E-state index is 5.66. The van der Waals surface area contributed by atoms with Gasteiger partial charge in [0.1, 0.15) is 5.76 Å². The van der Waals surface area contributed by atoms with Gasteiger partial charge in [-0.2, -0.15) is 0 Å². The van der Waals surface area contributed by atoms with E-state index in [1.54, 1.807) is 0 Å². The lowest BCUT2D eigenvalue weighted by Crippen LogP contribution is -2.26. The highest BCUT2D eigenvalue weighted by Gasteiger charge is 2.20. The molecule has 0 bridgehead atoms. The lowest BCUT2D eigenvalue weighted by Gasteiger charge is -2.21. The summed E-state index contributed by atoms with van der Waals surface area (Å²) in [6.07, 6.45) is 5.90. The minimum absolute atomic E-state index is 0.493. The fourth-order valence-electron chi connectivity index (χ4n) is 3.21. The second-order valence-corrected chi connectivity index (χ2v) is 7.12. The Morgan fingerprint density at radius 1 is 1.24 bits per heavy atom. The Bertz CT molecular complexity index is 411. The Morgan fingerprint density at radius 2 is 2.05 bits per heavy atom. The number of hydrogen-bond acceptors (Lipinski definition) is 3. The van der Waals surface area contributed by atoms with E-state index < -0.39 is 0 Å². The zero-order valence-electron chi connectivity index (χ0n) is 14.2. The highest BCUT2D eigenvalue weighted by molar-refractivity contribution is 5.17. The van der Waals surface area contributed by atoms with Crippen LogP contribution < -0.4 is 5.32 Å². The van der Waals surface area contributed by atoms with Gasteiger partial charge in [-0.05, 0) is 50.3 Å². The molecular formula is C18H32N2O. The average molecular weight is 292 g/mol. The first kappa shape index (κ1) is 16.6. The zero-order chi connectivity index (χ0) is 15.2. The van der Waals surface area contributed by atoms with Crippen LogP contribution in [0.5, 0.6) is 0 Å². The van der Waals surface area contributed by atoms with Crippen LogP contribution in [0.15, 0.2) is 16.7 Å². The molecule has 120 valence electrons. The summed E-state index contributed by atoms with van der Waals surface area (Å²) in [5.41, 5.74) is 1.35. The molecule has 1 saturated heterocycles. The van der Waals surface area contributed by atoms with Crippen LogP contribution in [-0.2, 0) is 13.1 Å². The van der Waals surface area contributed by atoms with E-state index in [0.29, 0.717) is 6.04 Å². The molecule has 0 aliphatic carbocycles. The summed E-state index contributed by atoms with van der Waals surface area (Å²) < 4.78 is 5.66. The topological polar surface area (TPSA) is 28.4 Å². The van der Waals surface area contributed by atoms with Gasteiger partial charge in [0.05, 0.1) is 12.8 Å². The predicted molar refractivity (Wildman–Crippen MR) is 88.1 cm³/mol. The fourth-order valence-corrected chi connectivity index (χ4v) is 3.21. The van der Waals surface area contributed by atoms with E-state index in [1.807, 2.05) is 6.26 Å². The quantitative estimate of drug-likeness (QED) is 0.858. The Balaban J connectivity index is 1.88. The van der Waals surface area contributed by atoms with Crippen LogP contribution in [0.3, 0.4) is 0 Å². The first-order valence-electron chi connectivity index (χ1n) is 8.57. The molecule has 2 heterocycles. The standard InChI is InChI=1S/C18H32N2O/c1-14(2)16-6-5-9-20(10-7-16)13-17-8-11-21-18(17)12-19-15(3)4/h8,11,14-16,19H,5-7,9-10,12-13H2,1-4H3. The lowest BCUT2D eigenvalue weighted by atomic mass is 9.89. The molecule has 1 aliphatic rings. The van der Waals surface area contributed by atoms with Crippen molar-refractivity contribution in [2.24, 2.45) is 11.8 Å². The number of nitrogens with one attached hydrogen (secondary N) is 1. The Labute approximate surface area is 130 Å². The highest BCUT2D eigenvalue weighted by Crippen LogP contribution is 2.25. The molecule has 2 rings (SSSR count). The predicted octanol–water partition coefficient (Wildman–Crippen LogP) is 4.04. The summed E-state index contributed by atoms with van der Waals surface area (Å²) in [6, 6.07) is 2.63. The molecule has 0 amide bonds. The van der Waals surface area contributed by atoms with Gasteiger partial charge in [0.2, 0.25) is 0 Å². The van der Waals surface area contributed by atoms with Crippen LogP contribution in [0.2, 0.25) is 0 Å². The van der Waals surface area contributed by atoms with Gasteiger partial charge in [-0.25, -0.2) is 0 Å². The normalized spacial score (nSPS) is 21.1. The van der Waals surface area contributed by atoms with Crippen molar-refractivity contribution in [2.75, 3.05) is 13.1 Å². The van der Waals surface area contributed by atoms with E-state index in [2.05, 4.69) is 44.0 Å². The Morgan fingerprint density at radius 3 is 2.76 bits per heavy atom. The number of furan rings is 1. The van der Waals surface area contributed by atoms with Gasteiger partial charge in [-0.1, -0.05) is 27.7 Å². The number of likely N-dealkylation sites (tertiary alicyclic amines) is 1. The third kappa shape index (κ3) is 5.15. The molecule has 0 saturated carbocycles. The largest absolute Gasteiger partial charge is 0.468 e. The van der Waals surface area contributed by atoms with E-state index in [1.165, 1.54) is 37.9 Å². The van der Waals surface area contributed by atoms with Gasteiger partial charge in [-0.3, -0.25) is 4.90 Å². The molecule has 0 radical (unpaired) electrons. The molecule has 1 aromatic rings. The van der Waals surface area contributed by atoms with Crippen molar-refractivity contribution in [3.8, 4) is 0 Å². The van der Waals surface area contributed by atoms with Gasteiger partial charge in [0.25, 0.3) is 0 Å². The minimum atomic E-state index is 0.493. The molecule has 1 unspecified atom stereocenters. The van der Waals surface area contributed by atoms with Crippen LogP contribution in [0, 0.1) is 11.8 Å². The van der Waals surface area contributed by atoms with E-state index in [0.717, 1.165) is 30.7 Å². The van der Waals surface area contributed by atoms with Gasteiger partial charge in [0, 0.05) is 18.2 Å². The molecule has 1 atom stereocenters. The molecule has 0 spiro atoms. The van der Waals surface area contributed by atoms with Crippen molar-refractivity contribution in [3.63, 3.8) is 0 Å². The third-order valence-corrected chi connectivity index (χ3v) is 4.71. The first-order valence-corrected chi connectivity index (χ1v) is 8.57. The summed E-state index contributed by atoms with van der Waals surface area (Å²) in [5.74, 6) is 2.83. The van der Waals surface area contributed by atoms with Gasteiger partial charge in [-0.15, -0.1) is 0 Å². The molecule has 3 nitrogen and oxygen atoms in total. The molecule has 1 aromatic heterocycles. The van der Waals surface area contributed by atoms with Gasteiger partial charge < -0.3 is 9.73 Å². The van der Waals surface area contributed by atoms with Crippen LogP contribution in [-0.4, -0.2) is 24.0 Å². The van der Waals surface area contributed by atoms with Crippen LogP contribution in [0.25, 0.3) is 0 Å². The summed E-state index contributed by atoms with van der Waals surface area (Å²) in [5, 5.41) is 3.45. The molecule has 1 N–H and O–H groups in total. The van der Waals surface area contributed by atoms with E-state index in [-0.39, 0.29) is 0 Å². The lowest BCUT2D eigenvalue weighted by molar-refractivity contribution is 0.262. The summed E-state index contributed by atoms with van der Waals surface area (Å²) in [4.78, 5) is 2.60. The molecule has 1 fully saturated rings. The van der Waals surface area contributed by atoms with E-state index in [9.17, 15) is 0 Å². The Kier molecular flexibility index (Phi) is 6.31. The molecule has 3 heteroatoms. The second-order valence-electron chi connectivity index (χ2n) is 7.12. The van der Waals surface area contributed by atoms with Crippen LogP contribution in [0.4, 0.5) is 0 Å². The van der Waals surface area contributed by atoms with Gasteiger partial charge >= 0.3 is 0 Å². The smallest absolute Gasteiger partial charge is 0.122 e. The molecule has 0 aromatic carbocycles. The average Bonchev–Trinajstić information content (AvgIpc) is 2.72. The van der Waals surface area contributed by atoms with Crippen LogP contribution >= 0.6 is 0 Å². The van der Waals surface area contributed by atoms with Crippen molar-refractivity contribution < 1.29 is 4.42 Å². The number of rotatable bonds is 6. The maximum Gasteiger partial charge on any atom is 0.122 e. The van der Waals surface area contributed by atoms with Crippen LogP contribution in [0.1, 0.15) is 58.3 Å². The SMILES string of the molecule is CC(C)NCc1occc1CN1CCCC(C(C)C)CC1. The fraction of sp³-hybridized carbons (Fsp3) is 0.778. The highest BCUT2D eigenvalue weighted by atomic mass is 16.3. The van der Waals surface area contributed by atoms with Crippen molar-refractivity contribution in [1.82, 2.24) is 10.2 Å². The number of hydrogen-bond donors (Lipinski definition) is 1. The first-order chi connectivity index (χ1) is 10.1. The Hall–Kier alpha value is -0.800. The third-order valence-electron chi connectivity index (χ3n) is 4.71. The van der Waals surface area contributed by atoms with Crippen molar-refractivity contribution in [3.05, 3.63) is 23.7 Å². The summed E-state index contributed by atoms with van der Waals surface area (Å²) in [7, 11) is 0. The zero-order valence-corrected chi connectivity index (χ0v) is 14.2. The molecule has 21 heavy (non-hydrogen) atoms. The van der Waals surface area contributed by atoms with Crippen molar-refractivity contribution >= 4 is 0 Å². The van der Waals surface area contributed by atoms with Gasteiger partial charge in [0.15, 0.2) is 0 Å². The van der Waals surface area contributed by atoms with E-state index >= 15 is 0 Å². The monoisotopic (exact) mass is 292 g/mol. The number of nitrogens with zero attached hydrogens (tertiary/aromatic N) is 1. The molecule has 1 aliphatic heterocycles. The summed E-state index contributed by atoms with van der Waals surface area (Å²) in [6.45, 7) is 13.4. The molecular weight excluding hydrogens is 260 g/mol. The van der Waals surface area contributed by atoms with Crippen molar-refractivity contribution in [2.45, 2.75) is 66.1 Å². The maximum absolute atomic E-state index is 5.66. The minimum Gasteiger partial charge on any atom is -0.468 e. The summed E-state index contributed by atoms with van der Waals surface area (Å²) >= 11 is 0. The van der Waals surface area contributed by atoms with E-state index in [4.69, 9.17) is 4.42 Å². The van der Waals surface area contributed by atoms with Crippen molar-refractivity contribution in [1.29, 1.82) is 0 Å². The second kappa shape index (κ2) is 8.00.